The van der Waals surface area contributed by atoms with Crippen molar-refractivity contribution in [1.29, 1.82) is 0 Å². The van der Waals surface area contributed by atoms with Crippen LogP contribution in [0.15, 0.2) is 146 Å². The molecule has 0 aliphatic heterocycles. The average molecular weight is 1390 g/mol. The van der Waals surface area contributed by atoms with Gasteiger partial charge in [0.15, 0.2) is 0 Å². The van der Waals surface area contributed by atoms with Gasteiger partial charge in [-0.05, 0) is 132 Å². The van der Waals surface area contributed by atoms with Crippen molar-refractivity contribution < 1.29 is 94.9 Å². The van der Waals surface area contributed by atoms with Gasteiger partial charge in [-0.2, -0.15) is 0 Å². The fourth-order valence-corrected chi connectivity index (χ4v) is 9.73. The standard InChI is InChI=1S/C80H110O20/c1-3-5-7-9-11-13-39-95-73-27-23-69(24-28-73)67-15-19-71(20-16-67)79(81)99-77-35-31-75(32-36-77)97-65-63-93-61-59-91-57-55-89-53-51-87-49-47-85-45-43-83-41-42-84-44-46-86-48-50-88-52-54-90-56-58-92-60-62-94-64-66-98-76-33-37-78(38-34-76)100-80(82)72-21-17-68(18-22-72)70-25-29-74(30-26-70)96-40-14-12-10-8-6-4-2/h15-38H,3-14,39-66H2,1-2H3. The van der Waals surface area contributed by atoms with Crippen molar-refractivity contribution in [2.45, 2.75) is 90.9 Å². The Labute approximate surface area is 593 Å². The SMILES string of the molecule is CCCCCCCCOc1ccc(-c2ccc(C(=O)Oc3ccc(OCCOCCOCCOCCOCCOCCOCCOCCOCCOCCOCCOCCOCCOc4ccc(OC(=O)c5ccc(-c6ccc(OCCCCCCCC)cc6)cc5)cc4)cc3)cc2)cc1. The minimum Gasteiger partial charge on any atom is -0.494 e. The number of unbranched alkanes of at least 4 members (excludes halogenated alkanes) is 10. The second-order valence-corrected chi connectivity index (χ2v) is 23.2. The summed E-state index contributed by atoms with van der Waals surface area (Å²) in [4.78, 5) is 25.7. The molecule has 0 saturated heterocycles. The lowest BCUT2D eigenvalue weighted by atomic mass is 10.0. The Hall–Kier alpha value is -7.02. The Morgan fingerprint density at radius 1 is 0.200 bits per heavy atom. The zero-order chi connectivity index (χ0) is 70.1. The van der Waals surface area contributed by atoms with Gasteiger partial charge in [-0.15, -0.1) is 0 Å². The third-order valence-corrected chi connectivity index (χ3v) is 15.3. The maximum absolute atomic E-state index is 12.8. The summed E-state index contributed by atoms with van der Waals surface area (Å²) in [5.41, 5.74) is 5.03. The van der Waals surface area contributed by atoms with E-state index in [1.54, 1.807) is 72.8 Å². The molecule has 0 aliphatic carbocycles. The first kappa shape index (κ1) is 81.9. The van der Waals surface area contributed by atoms with E-state index in [0.717, 1.165) is 59.8 Å². The van der Waals surface area contributed by atoms with Crippen LogP contribution in [0.2, 0.25) is 0 Å². The summed E-state index contributed by atoms with van der Waals surface area (Å²) in [6.45, 7) is 17.6. The van der Waals surface area contributed by atoms with Gasteiger partial charge in [0, 0.05) is 0 Å². The summed E-state index contributed by atoms with van der Waals surface area (Å²) in [5.74, 6) is 3.01. The Bertz CT molecular complexity index is 2730. The molecule has 20 heteroatoms. The largest absolute Gasteiger partial charge is 0.494 e. The van der Waals surface area contributed by atoms with Gasteiger partial charge in [-0.25, -0.2) is 9.59 Å². The van der Waals surface area contributed by atoms with Crippen LogP contribution in [0.5, 0.6) is 34.5 Å². The van der Waals surface area contributed by atoms with Crippen molar-refractivity contribution in [2.75, 3.05) is 185 Å². The first-order valence-electron chi connectivity index (χ1n) is 36.0. The topological polar surface area (TPSA) is 200 Å². The van der Waals surface area contributed by atoms with E-state index >= 15 is 0 Å². The van der Waals surface area contributed by atoms with Gasteiger partial charge in [0.1, 0.15) is 47.7 Å². The Morgan fingerprint density at radius 2 is 0.380 bits per heavy atom. The van der Waals surface area contributed by atoms with Gasteiger partial charge >= 0.3 is 11.9 Å². The van der Waals surface area contributed by atoms with Gasteiger partial charge in [-0.1, -0.05) is 127 Å². The molecule has 6 rings (SSSR count). The van der Waals surface area contributed by atoms with Crippen LogP contribution in [-0.2, 0) is 56.8 Å². The lowest BCUT2D eigenvalue weighted by molar-refractivity contribution is -0.0287. The van der Waals surface area contributed by atoms with E-state index in [0.29, 0.717) is 206 Å². The monoisotopic (exact) mass is 1390 g/mol. The van der Waals surface area contributed by atoms with Crippen molar-refractivity contribution >= 4 is 11.9 Å². The Kier molecular flexibility index (Phi) is 45.6. The summed E-state index contributed by atoms with van der Waals surface area (Å²) in [6, 6.07) is 44.7. The third kappa shape index (κ3) is 38.7. The normalized spacial score (nSPS) is 11.3. The lowest BCUT2D eigenvalue weighted by Gasteiger charge is -2.10. The molecule has 0 atom stereocenters. The van der Waals surface area contributed by atoms with E-state index in [2.05, 4.69) is 13.8 Å². The molecule has 0 N–H and O–H groups in total. The number of hydrogen-bond acceptors (Lipinski definition) is 20. The molecule has 0 heterocycles. The molecule has 0 aliphatic rings. The zero-order valence-corrected chi connectivity index (χ0v) is 59.3. The number of benzene rings is 6. The number of esters is 2. The molecule has 0 unspecified atom stereocenters. The molecule has 0 amide bonds. The number of ether oxygens (including phenoxy) is 18. The van der Waals surface area contributed by atoms with Gasteiger partial charge in [-0.3, -0.25) is 0 Å². The first-order chi connectivity index (χ1) is 49.5. The van der Waals surface area contributed by atoms with E-state index in [1.807, 2.05) is 72.8 Å². The summed E-state index contributed by atoms with van der Waals surface area (Å²) in [7, 11) is 0. The molecule has 0 radical (unpaired) electrons. The van der Waals surface area contributed by atoms with Crippen LogP contribution in [0.1, 0.15) is 112 Å². The highest BCUT2D eigenvalue weighted by atomic mass is 16.6. The fourth-order valence-electron chi connectivity index (χ4n) is 9.73. The van der Waals surface area contributed by atoms with E-state index in [1.165, 1.54) is 64.2 Å². The highest BCUT2D eigenvalue weighted by Crippen LogP contribution is 2.27. The smallest absolute Gasteiger partial charge is 0.343 e. The third-order valence-electron chi connectivity index (χ3n) is 15.3. The summed E-state index contributed by atoms with van der Waals surface area (Å²) in [5, 5.41) is 0. The van der Waals surface area contributed by atoms with Gasteiger partial charge < -0.3 is 85.3 Å². The van der Waals surface area contributed by atoms with E-state index in [4.69, 9.17) is 85.3 Å². The molecule has 550 valence electrons. The minimum absolute atomic E-state index is 0.366. The molecule has 0 aromatic heterocycles. The van der Waals surface area contributed by atoms with Crippen LogP contribution < -0.4 is 28.4 Å². The van der Waals surface area contributed by atoms with Crippen LogP contribution in [0.3, 0.4) is 0 Å². The molecule has 0 spiro atoms. The van der Waals surface area contributed by atoms with Crippen molar-refractivity contribution in [2.24, 2.45) is 0 Å². The second kappa shape index (κ2) is 55.6. The quantitative estimate of drug-likeness (QED) is 0.0198. The Balaban J connectivity index is 0.596. The van der Waals surface area contributed by atoms with Crippen LogP contribution in [0.25, 0.3) is 22.3 Å². The van der Waals surface area contributed by atoms with E-state index < -0.39 is 11.9 Å². The van der Waals surface area contributed by atoms with E-state index in [9.17, 15) is 9.59 Å². The predicted molar refractivity (Wildman–Crippen MR) is 385 cm³/mol. The van der Waals surface area contributed by atoms with Crippen LogP contribution in [0.4, 0.5) is 0 Å². The number of carbonyl (C=O) groups is 2. The van der Waals surface area contributed by atoms with Crippen molar-refractivity contribution in [1.82, 2.24) is 0 Å². The minimum atomic E-state index is -0.433. The number of hydrogen-bond donors (Lipinski definition) is 0. The van der Waals surface area contributed by atoms with Gasteiger partial charge in [0.25, 0.3) is 0 Å². The van der Waals surface area contributed by atoms with Crippen LogP contribution in [0, 0.1) is 0 Å². The zero-order valence-electron chi connectivity index (χ0n) is 59.3. The van der Waals surface area contributed by atoms with Crippen LogP contribution >= 0.6 is 0 Å². The first-order valence-corrected chi connectivity index (χ1v) is 36.0. The maximum atomic E-state index is 12.8. The van der Waals surface area contributed by atoms with Crippen molar-refractivity contribution in [3.63, 3.8) is 0 Å². The molecule has 0 saturated carbocycles. The predicted octanol–water partition coefficient (Wildman–Crippen LogP) is 14.6. The highest BCUT2D eigenvalue weighted by molar-refractivity contribution is 5.92. The average Bonchev–Trinajstić information content (AvgIpc) is 0.886. The number of carbonyl (C=O) groups excluding carboxylic acids is 2. The van der Waals surface area contributed by atoms with E-state index in [-0.39, 0.29) is 0 Å². The molecular weight excluding hydrogens is 1280 g/mol. The molecule has 0 bridgehead atoms. The second-order valence-electron chi connectivity index (χ2n) is 23.2. The molecule has 0 fully saturated rings. The molecule has 6 aromatic carbocycles. The van der Waals surface area contributed by atoms with Crippen LogP contribution in [-0.4, -0.2) is 197 Å². The summed E-state index contributed by atoms with van der Waals surface area (Å²) < 4.78 is 101. The van der Waals surface area contributed by atoms with Gasteiger partial charge in [0.05, 0.1) is 183 Å². The molecular formula is C80H110O20. The fraction of sp³-hybridized carbons (Fsp3) is 0.525. The maximum Gasteiger partial charge on any atom is 0.343 e. The molecule has 6 aromatic rings. The van der Waals surface area contributed by atoms with Crippen molar-refractivity contribution in [3.8, 4) is 56.8 Å². The van der Waals surface area contributed by atoms with Gasteiger partial charge in [0.2, 0.25) is 0 Å². The summed E-state index contributed by atoms with van der Waals surface area (Å²) >= 11 is 0. The Morgan fingerprint density at radius 3 is 0.620 bits per heavy atom. The summed E-state index contributed by atoms with van der Waals surface area (Å²) in [6.07, 6.45) is 14.8. The molecule has 20 nitrogen and oxygen atoms in total. The highest BCUT2D eigenvalue weighted by Gasteiger charge is 2.13. The molecule has 100 heavy (non-hydrogen) atoms. The number of rotatable bonds is 63. The van der Waals surface area contributed by atoms with Crippen molar-refractivity contribution in [3.05, 3.63) is 157 Å². The lowest BCUT2D eigenvalue weighted by Crippen LogP contribution is -2.15.